The number of nitrogens with one attached hydrogen (secondary N) is 2. The molecule has 2 atom stereocenters. The molecule has 0 saturated carbocycles. The molecule has 5 rings (SSSR count). The van der Waals surface area contributed by atoms with Crippen LogP contribution in [0.4, 0.5) is 15.8 Å². The number of ether oxygens (including phenoxy) is 1. The monoisotopic (exact) mass is 563 g/mol. The van der Waals surface area contributed by atoms with Crippen molar-refractivity contribution < 1.29 is 13.9 Å². The molecule has 2 aromatic heterocycles. The van der Waals surface area contributed by atoms with Crippen LogP contribution in [0.25, 0.3) is 5.69 Å². The fourth-order valence-corrected chi connectivity index (χ4v) is 5.66. The molecule has 0 aliphatic carbocycles. The maximum absolute atomic E-state index is 13.7. The fraction of sp³-hybridized carbons (Fsp3) is 0.207. The van der Waals surface area contributed by atoms with Gasteiger partial charge in [-0.2, -0.15) is 0 Å². The minimum Gasteiger partial charge on any atom is -0.375 e. The Hall–Kier alpha value is -3.79. The van der Waals surface area contributed by atoms with E-state index in [0.717, 1.165) is 34.0 Å². The quantitative estimate of drug-likeness (QED) is 0.267. The standard InChI is InChI=1S/C29H27ClFN5O2S/c1-17-14-22(18(2)35(17)20-9-7-19(31)8-10-20)28-27(25-6-4-5-13-32-25)34-29(39)36(28)21-11-12-24(23(30)15-21)33-26(37)16-38-3/h4-15,27-28H,16H2,1-3H3,(H,33,37)(H,34,39). The summed E-state index contributed by atoms with van der Waals surface area (Å²) in [5, 5.41) is 7.11. The molecule has 0 spiro atoms. The lowest BCUT2D eigenvalue weighted by atomic mass is 9.96. The lowest BCUT2D eigenvalue weighted by Crippen LogP contribution is -2.29. The van der Waals surface area contributed by atoms with Crippen LogP contribution in [0.5, 0.6) is 0 Å². The van der Waals surface area contributed by atoms with Crippen LogP contribution in [0.1, 0.15) is 34.7 Å². The molecule has 4 aromatic rings. The molecule has 2 aromatic carbocycles. The molecule has 1 amide bonds. The number of pyridine rings is 1. The van der Waals surface area contributed by atoms with Gasteiger partial charge in [-0.25, -0.2) is 4.39 Å². The molecular weight excluding hydrogens is 537 g/mol. The highest BCUT2D eigenvalue weighted by Gasteiger charge is 2.42. The Bertz CT molecular complexity index is 1530. The average Bonchev–Trinajstić information content (AvgIpc) is 3.41. The summed E-state index contributed by atoms with van der Waals surface area (Å²) in [6.07, 6.45) is 1.76. The minimum absolute atomic E-state index is 0.0737. The van der Waals surface area contributed by atoms with E-state index < -0.39 is 0 Å². The molecule has 39 heavy (non-hydrogen) atoms. The number of methoxy groups -OCH3 is 1. The Morgan fingerprint density at radius 1 is 1.13 bits per heavy atom. The van der Waals surface area contributed by atoms with E-state index in [9.17, 15) is 9.18 Å². The van der Waals surface area contributed by atoms with E-state index in [1.807, 2.05) is 43.0 Å². The number of amides is 1. The maximum Gasteiger partial charge on any atom is 0.250 e. The number of nitrogens with zero attached hydrogens (tertiary/aromatic N) is 3. The molecule has 7 nitrogen and oxygen atoms in total. The predicted molar refractivity (Wildman–Crippen MR) is 155 cm³/mol. The smallest absolute Gasteiger partial charge is 0.250 e. The van der Waals surface area contributed by atoms with Crippen molar-refractivity contribution in [3.63, 3.8) is 0 Å². The zero-order valence-corrected chi connectivity index (χ0v) is 23.2. The van der Waals surface area contributed by atoms with Crippen LogP contribution >= 0.6 is 23.8 Å². The summed E-state index contributed by atoms with van der Waals surface area (Å²) < 4.78 is 20.7. The second-order valence-corrected chi connectivity index (χ2v) is 10.1. The van der Waals surface area contributed by atoms with Crippen molar-refractivity contribution in [3.8, 4) is 5.69 Å². The molecule has 1 fully saturated rings. The lowest BCUT2D eigenvalue weighted by molar-refractivity contribution is -0.119. The Morgan fingerprint density at radius 2 is 1.87 bits per heavy atom. The van der Waals surface area contributed by atoms with Gasteiger partial charge >= 0.3 is 0 Å². The first-order valence-corrected chi connectivity index (χ1v) is 13.1. The fourth-order valence-electron chi connectivity index (χ4n) is 5.10. The minimum atomic E-state index is -0.299. The summed E-state index contributed by atoms with van der Waals surface area (Å²) in [6, 6.07) is 19.3. The lowest BCUT2D eigenvalue weighted by Gasteiger charge is -2.28. The predicted octanol–water partition coefficient (Wildman–Crippen LogP) is 6.04. The Labute approximate surface area is 236 Å². The first-order valence-electron chi connectivity index (χ1n) is 12.3. The highest BCUT2D eigenvalue weighted by atomic mass is 35.5. The first-order chi connectivity index (χ1) is 18.8. The summed E-state index contributed by atoms with van der Waals surface area (Å²) in [6.45, 7) is 3.99. The molecule has 200 valence electrons. The Morgan fingerprint density at radius 3 is 2.54 bits per heavy atom. The van der Waals surface area contributed by atoms with Crippen LogP contribution in [0.3, 0.4) is 0 Å². The van der Waals surface area contributed by atoms with Crippen molar-refractivity contribution in [2.24, 2.45) is 0 Å². The summed E-state index contributed by atoms with van der Waals surface area (Å²) in [5.41, 5.74) is 5.98. The number of halogens is 2. The van der Waals surface area contributed by atoms with E-state index in [-0.39, 0.29) is 30.4 Å². The molecular formula is C29H27ClFN5O2S. The van der Waals surface area contributed by atoms with Crippen molar-refractivity contribution in [3.05, 3.63) is 106 Å². The summed E-state index contributed by atoms with van der Waals surface area (Å²) in [4.78, 5) is 18.7. The van der Waals surface area contributed by atoms with Crippen LogP contribution in [-0.4, -0.2) is 34.3 Å². The van der Waals surface area contributed by atoms with E-state index in [1.54, 1.807) is 30.5 Å². The van der Waals surface area contributed by atoms with Gasteiger partial charge in [0, 0.05) is 36.1 Å². The number of benzene rings is 2. The first kappa shape index (κ1) is 26.8. The number of anilines is 2. The summed E-state index contributed by atoms with van der Waals surface area (Å²) in [5.74, 6) is -0.585. The Balaban J connectivity index is 1.60. The molecule has 2 N–H and O–H groups in total. The van der Waals surface area contributed by atoms with E-state index in [0.29, 0.717) is 15.8 Å². The second kappa shape index (κ2) is 11.1. The zero-order valence-electron chi connectivity index (χ0n) is 21.6. The molecule has 3 heterocycles. The van der Waals surface area contributed by atoms with Crippen LogP contribution in [0, 0.1) is 19.7 Å². The van der Waals surface area contributed by atoms with Crippen LogP contribution in [0.15, 0.2) is 72.9 Å². The number of aryl methyl sites for hydroxylation is 1. The van der Waals surface area contributed by atoms with Gasteiger partial charge in [-0.15, -0.1) is 0 Å². The van der Waals surface area contributed by atoms with E-state index in [4.69, 9.17) is 28.6 Å². The van der Waals surface area contributed by atoms with Gasteiger partial charge in [-0.3, -0.25) is 9.78 Å². The van der Waals surface area contributed by atoms with Gasteiger partial charge in [-0.05, 0) is 92.3 Å². The number of rotatable bonds is 7. The van der Waals surface area contributed by atoms with Crippen LogP contribution in [-0.2, 0) is 9.53 Å². The number of hydrogen-bond donors (Lipinski definition) is 2. The molecule has 2 unspecified atom stereocenters. The number of aromatic nitrogens is 2. The van der Waals surface area contributed by atoms with Gasteiger partial charge in [0.2, 0.25) is 5.91 Å². The number of thiocarbonyl (C=S) groups is 1. The third kappa shape index (κ3) is 5.25. The van der Waals surface area contributed by atoms with Gasteiger partial charge in [0.05, 0.1) is 28.5 Å². The third-order valence-electron chi connectivity index (χ3n) is 6.75. The maximum atomic E-state index is 13.7. The van der Waals surface area contributed by atoms with Gasteiger partial charge < -0.3 is 24.8 Å². The summed E-state index contributed by atoms with van der Waals surface area (Å²) in [7, 11) is 1.46. The van der Waals surface area contributed by atoms with Crippen molar-refractivity contribution >= 4 is 46.2 Å². The van der Waals surface area contributed by atoms with Gasteiger partial charge in [0.1, 0.15) is 12.4 Å². The number of carbonyl (C=O) groups excluding carboxylic acids is 1. The third-order valence-corrected chi connectivity index (χ3v) is 7.38. The zero-order chi connectivity index (χ0) is 27.7. The molecule has 1 aliphatic rings. The van der Waals surface area contributed by atoms with Crippen molar-refractivity contribution in [2.75, 3.05) is 23.9 Å². The van der Waals surface area contributed by atoms with E-state index in [1.165, 1.54) is 19.2 Å². The number of carbonyl (C=O) groups is 1. The molecule has 1 saturated heterocycles. The second-order valence-electron chi connectivity index (χ2n) is 9.28. The molecule has 0 radical (unpaired) electrons. The largest absolute Gasteiger partial charge is 0.375 e. The van der Waals surface area contributed by atoms with E-state index in [2.05, 4.69) is 26.3 Å². The topological polar surface area (TPSA) is 71.4 Å². The van der Waals surface area contributed by atoms with Crippen molar-refractivity contribution in [1.29, 1.82) is 0 Å². The summed E-state index contributed by atoms with van der Waals surface area (Å²) >= 11 is 12.5. The van der Waals surface area contributed by atoms with Crippen LogP contribution in [0.2, 0.25) is 5.02 Å². The van der Waals surface area contributed by atoms with Crippen LogP contribution < -0.4 is 15.5 Å². The normalized spacial score (nSPS) is 16.8. The Kier molecular flexibility index (Phi) is 7.65. The van der Waals surface area contributed by atoms with Crippen molar-refractivity contribution in [1.82, 2.24) is 14.9 Å². The molecule has 10 heteroatoms. The van der Waals surface area contributed by atoms with Gasteiger partial charge in [0.25, 0.3) is 0 Å². The van der Waals surface area contributed by atoms with Gasteiger partial charge in [0.15, 0.2) is 5.11 Å². The average molecular weight is 564 g/mol. The van der Waals surface area contributed by atoms with Gasteiger partial charge in [-0.1, -0.05) is 17.7 Å². The highest BCUT2D eigenvalue weighted by Crippen LogP contribution is 2.44. The number of hydrogen-bond acceptors (Lipinski definition) is 4. The SMILES string of the molecule is COCC(=O)Nc1ccc(N2C(=S)NC(c3ccccn3)C2c2cc(C)n(-c3ccc(F)cc3)c2C)cc1Cl. The van der Waals surface area contributed by atoms with E-state index >= 15 is 0 Å². The molecule has 0 bridgehead atoms. The molecule has 1 aliphatic heterocycles. The van der Waals surface area contributed by atoms with Crippen molar-refractivity contribution in [2.45, 2.75) is 25.9 Å². The highest BCUT2D eigenvalue weighted by molar-refractivity contribution is 7.80.